The molecule has 9 heteroatoms. The molecule has 0 aliphatic rings. The molecule has 2 aromatic carbocycles. The Morgan fingerprint density at radius 3 is 2.22 bits per heavy atom. The molecular formula is C14H10Cl3NO4S. The van der Waals surface area contributed by atoms with Crippen LogP contribution in [0.15, 0.2) is 36.4 Å². The molecule has 122 valence electrons. The highest BCUT2D eigenvalue weighted by Gasteiger charge is 2.21. The summed E-state index contributed by atoms with van der Waals surface area (Å²) in [6.45, 7) is 0. The van der Waals surface area contributed by atoms with E-state index in [2.05, 4.69) is 0 Å². The van der Waals surface area contributed by atoms with E-state index >= 15 is 0 Å². The van der Waals surface area contributed by atoms with Crippen LogP contribution in [-0.2, 0) is 11.1 Å². The minimum atomic E-state index is -2.19. The normalized spacial score (nSPS) is 12.0. The van der Waals surface area contributed by atoms with Gasteiger partial charge in [-0.25, -0.2) is 9.00 Å². The standard InChI is InChI=1S/C14H10Cl3NO4S/c15-8-1-3-10(4-2-8)18(7-23(21)22)12-6-9(16)5-11(13(12)17)14(19)20/h1-6H,7H2,(H,19,20)(H,21,22). The molecule has 2 N–H and O–H groups in total. The van der Waals surface area contributed by atoms with Crippen molar-refractivity contribution in [2.75, 3.05) is 10.8 Å². The van der Waals surface area contributed by atoms with E-state index in [4.69, 9.17) is 34.8 Å². The first-order valence-corrected chi connectivity index (χ1v) is 8.53. The summed E-state index contributed by atoms with van der Waals surface area (Å²) in [7, 11) is 0. The summed E-state index contributed by atoms with van der Waals surface area (Å²) in [5, 5.41) is 9.75. The lowest BCUT2D eigenvalue weighted by molar-refractivity contribution is 0.0697. The molecular weight excluding hydrogens is 385 g/mol. The van der Waals surface area contributed by atoms with E-state index in [1.165, 1.54) is 17.0 Å². The van der Waals surface area contributed by atoms with E-state index < -0.39 is 17.0 Å². The van der Waals surface area contributed by atoms with Gasteiger partial charge in [0.05, 0.1) is 16.3 Å². The summed E-state index contributed by atoms with van der Waals surface area (Å²) < 4.78 is 20.5. The van der Waals surface area contributed by atoms with Gasteiger partial charge in [-0.2, -0.15) is 0 Å². The SMILES string of the molecule is O=C(O)c1cc(Cl)cc(N(CS(=O)O)c2ccc(Cl)cc2)c1Cl. The molecule has 0 spiro atoms. The van der Waals surface area contributed by atoms with Crippen molar-refractivity contribution in [2.45, 2.75) is 0 Å². The predicted octanol–water partition coefficient (Wildman–Crippen LogP) is 4.66. The molecule has 0 saturated heterocycles. The van der Waals surface area contributed by atoms with Gasteiger partial charge in [-0.05, 0) is 36.4 Å². The Kier molecular flexibility index (Phi) is 5.89. The number of aromatic carboxylic acids is 1. The summed E-state index contributed by atoms with van der Waals surface area (Å²) in [6, 6.07) is 9.07. The zero-order valence-corrected chi connectivity index (χ0v) is 14.5. The van der Waals surface area contributed by atoms with Crippen LogP contribution in [0.5, 0.6) is 0 Å². The van der Waals surface area contributed by atoms with Crippen molar-refractivity contribution in [1.82, 2.24) is 0 Å². The van der Waals surface area contributed by atoms with Gasteiger partial charge in [-0.3, -0.25) is 0 Å². The zero-order valence-electron chi connectivity index (χ0n) is 11.4. The van der Waals surface area contributed by atoms with Crippen LogP contribution in [0.2, 0.25) is 15.1 Å². The second kappa shape index (κ2) is 7.51. The topological polar surface area (TPSA) is 77.8 Å². The Balaban J connectivity index is 2.62. The first kappa shape index (κ1) is 18.0. The number of rotatable bonds is 5. The highest BCUT2D eigenvalue weighted by atomic mass is 35.5. The second-order valence-corrected chi connectivity index (χ2v) is 6.60. The van der Waals surface area contributed by atoms with Crippen molar-refractivity contribution in [2.24, 2.45) is 0 Å². The largest absolute Gasteiger partial charge is 0.478 e. The van der Waals surface area contributed by atoms with Crippen molar-refractivity contribution in [3.63, 3.8) is 0 Å². The molecule has 0 fully saturated rings. The molecule has 0 saturated carbocycles. The molecule has 0 aliphatic carbocycles. The van der Waals surface area contributed by atoms with Crippen LogP contribution in [-0.4, -0.2) is 25.7 Å². The minimum absolute atomic E-state index is 0.0812. The van der Waals surface area contributed by atoms with Crippen molar-refractivity contribution < 1.29 is 18.7 Å². The number of anilines is 2. The second-order valence-electron chi connectivity index (χ2n) is 4.45. The van der Waals surface area contributed by atoms with E-state index in [1.54, 1.807) is 24.3 Å². The van der Waals surface area contributed by atoms with Gasteiger partial charge in [0.15, 0.2) is 11.1 Å². The van der Waals surface area contributed by atoms with Crippen molar-refractivity contribution in [3.05, 3.63) is 57.0 Å². The summed E-state index contributed by atoms with van der Waals surface area (Å²) in [6.07, 6.45) is 0. The molecule has 2 rings (SSSR count). The molecule has 2 aromatic rings. The number of hydrogen-bond donors (Lipinski definition) is 2. The maximum absolute atomic E-state index is 11.3. The molecule has 0 radical (unpaired) electrons. The van der Waals surface area contributed by atoms with Gasteiger partial charge in [0.1, 0.15) is 5.88 Å². The first-order valence-electron chi connectivity index (χ1n) is 6.12. The number of carboxylic acid groups (broad SMARTS) is 1. The van der Waals surface area contributed by atoms with Crippen molar-refractivity contribution >= 4 is 63.2 Å². The fourth-order valence-corrected chi connectivity index (χ4v) is 3.08. The van der Waals surface area contributed by atoms with Gasteiger partial charge in [-0.15, -0.1) is 0 Å². The fourth-order valence-electron chi connectivity index (χ4n) is 1.94. The smallest absolute Gasteiger partial charge is 0.337 e. The van der Waals surface area contributed by atoms with Crippen molar-refractivity contribution in [1.29, 1.82) is 0 Å². The minimum Gasteiger partial charge on any atom is -0.478 e. The van der Waals surface area contributed by atoms with Crippen LogP contribution >= 0.6 is 34.8 Å². The molecule has 0 heterocycles. The van der Waals surface area contributed by atoms with Gasteiger partial charge in [0.2, 0.25) is 0 Å². The van der Waals surface area contributed by atoms with Gasteiger partial charge < -0.3 is 14.6 Å². The average Bonchev–Trinajstić information content (AvgIpc) is 2.47. The molecule has 0 aliphatic heterocycles. The van der Waals surface area contributed by atoms with E-state index in [9.17, 15) is 18.7 Å². The monoisotopic (exact) mass is 393 g/mol. The van der Waals surface area contributed by atoms with Crippen LogP contribution in [0.1, 0.15) is 10.4 Å². The number of carboxylic acids is 1. The Hall–Kier alpha value is -1.31. The van der Waals surface area contributed by atoms with E-state index in [0.717, 1.165) is 0 Å². The maximum atomic E-state index is 11.3. The summed E-state index contributed by atoms with van der Waals surface area (Å²) >= 11 is 15.7. The van der Waals surface area contributed by atoms with E-state index in [1.807, 2.05) is 0 Å². The number of carbonyl (C=O) groups is 1. The first-order chi connectivity index (χ1) is 10.8. The molecule has 1 atom stereocenters. The molecule has 1 unspecified atom stereocenters. The Morgan fingerprint density at radius 1 is 1.09 bits per heavy atom. The molecule has 0 bridgehead atoms. The highest BCUT2D eigenvalue weighted by molar-refractivity contribution is 7.79. The van der Waals surface area contributed by atoms with Crippen LogP contribution in [0.3, 0.4) is 0 Å². The van der Waals surface area contributed by atoms with Crippen LogP contribution in [0.4, 0.5) is 11.4 Å². The predicted molar refractivity (Wildman–Crippen MR) is 92.7 cm³/mol. The number of hydrogen-bond acceptors (Lipinski definition) is 3. The zero-order chi connectivity index (χ0) is 17.1. The summed E-state index contributed by atoms with van der Waals surface area (Å²) in [4.78, 5) is 12.7. The quantitative estimate of drug-likeness (QED) is 0.721. The third-order valence-corrected chi connectivity index (χ3v) is 4.26. The Labute approximate surface area is 149 Å². The lowest BCUT2D eigenvalue weighted by Crippen LogP contribution is -2.22. The summed E-state index contributed by atoms with van der Waals surface area (Å²) in [5.74, 6) is -1.57. The molecule has 23 heavy (non-hydrogen) atoms. The van der Waals surface area contributed by atoms with Crippen LogP contribution in [0, 0.1) is 0 Å². The highest BCUT2D eigenvalue weighted by Crippen LogP contribution is 2.37. The Morgan fingerprint density at radius 2 is 1.70 bits per heavy atom. The van der Waals surface area contributed by atoms with Gasteiger partial charge in [0.25, 0.3) is 0 Å². The lowest BCUT2D eigenvalue weighted by Gasteiger charge is -2.25. The average molecular weight is 395 g/mol. The van der Waals surface area contributed by atoms with Gasteiger partial charge in [0, 0.05) is 15.7 Å². The van der Waals surface area contributed by atoms with E-state index in [0.29, 0.717) is 10.7 Å². The molecule has 5 nitrogen and oxygen atoms in total. The Bertz CT molecular complexity index is 767. The third-order valence-electron chi connectivity index (χ3n) is 2.92. The lowest BCUT2D eigenvalue weighted by atomic mass is 10.1. The number of nitrogens with zero attached hydrogens (tertiary/aromatic N) is 1. The third kappa shape index (κ3) is 4.37. The summed E-state index contributed by atoms with van der Waals surface area (Å²) in [5.41, 5.74) is 0.524. The fraction of sp³-hybridized carbons (Fsp3) is 0.0714. The number of benzene rings is 2. The molecule has 0 aromatic heterocycles. The number of halogens is 3. The van der Waals surface area contributed by atoms with Crippen molar-refractivity contribution in [3.8, 4) is 0 Å². The van der Waals surface area contributed by atoms with E-state index in [-0.39, 0.29) is 27.2 Å². The maximum Gasteiger partial charge on any atom is 0.337 e. The van der Waals surface area contributed by atoms with Gasteiger partial charge in [-0.1, -0.05) is 34.8 Å². The van der Waals surface area contributed by atoms with Crippen LogP contribution in [0.25, 0.3) is 0 Å². The van der Waals surface area contributed by atoms with Crippen LogP contribution < -0.4 is 4.90 Å². The molecule has 0 amide bonds. The van der Waals surface area contributed by atoms with Gasteiger partial charge >= 0.3 is 5.97 Å².